The lowest BCUT2D eigenvalue weighted by atomic mass is 10.0. The molecule has 1 heterocycles. The molecule has 36 heavy (non-hydrogen) atoms. The summed E-state index contributed by atoms with van der Waals surface area (Å²) >= 11 is 0. The van der Waals surface area contributed by atoms with Gasteiger partial charge in [-0.15, -0.1) is 0 Å². The van der Waals surface area contributed by atoms with E-state index in [4.69, 9.17) is 14.2 Å². The fourth-order valence-corrected chi connectivity index (χ4v) is 4.57. The van der Waals surface area contributed by atoms with Gasteiger partial charge in [-0.2, -0.15) is 0 Å². The molecule has 0 atom stereocenters. The van der Waals surface area contributed by atoms with Gasteiger partial charge in [0.05, 0.1) is 24.2 Å². The van der Waals surface area contributed by atoms with Crippen molar-refractivity contribution in [2.24, 2.45) is 0 Å². The topological polar surface area (TPSA) is 69.9 Å². The number of rotatable bonds is 8. The highest BCUT2D eigenvalue weighted by atomic mass is 16.5. The van der Waals surface area contributed by atoms with Crippen molar-refractivity contribution in [3.05, 3.63) is 96.2 Å². The summed E-state index contributed by atoms with van der Waals surface area (Å²) in [5.74, 6) is 1.86. The molecule has 0 unspecified atom stereocenters. The molecule has 0 fully saturated rings. The molecule has 0 aliphatic heterocycles. The maximum absolute atomic E-state index is 12.9. The standard InChI is InChI=1S/C30H27NO5/c1-3-34-30(33)28-20(2)31(29-25-15-8-7-14-24(25)27(32)19-26(28)29)16-17-35-22-12-9-13-23(18-22)36-21-10-5-4-6-11-21/h4-15,18-19,32H,3,16-17H2,1-2H3. The normalized spacial score (nSPS) is 11.1. The molecule has 6 nitrogen and oxygen atoms in total. The fourth-order valence-electron chi connectivity index (χ4n) is 4.57. The quantitative estimate of drug-likeness (QED) is 0.245. The number of phenolic OH excluding ortho intramolecular Hbond substituents is 1. The van der Waals surface area contributed by atoms with Crippen LogP contribution in [-0.2, 0) is 11.3 Å². The van der Waals surface area contributed by atoms with Crippen LogP contribution in [0.4, 0.5) is 0 Å². The lowest BCUT2D eigenvalue weighted by Crippen LogP contribution is -2.11. The van der Waals surface area contributed by atoms with Crippen LogP contribution < -0.4 is 9.47 Å². The van der Waals surface area contributed by atoms with Gasteiger partial charge < -0.3 is 23.9 Å². The number of carbonyl (C=O) groups is 1. The van der Waals surface area contributed by atoms with Gasteiger partial charge in [0.2, 0.25) is 0 Å². The molecule has 0 saturated carbocycles. The van der Waals surface area contributed by atoms with Crippen LogP contribution in [0.2, 0.25) is 0 Å². The molecule has 0 spiro atoms. The number of aromatic hydroxyl groups is 1. The van der Waals surface area contributed by atoms with E-state index in [1.165, 1.54) is 0 Å². The molecule has 6 heteroatoms. The van der Waals surface area contributed by atoms with Crippen molar-refractivity contribution >= 4 is 27.6 Å². The number of aromatic nitrogens is 1. The Hall–Kier alpha value is -4.45. The van der Waals surface area contributed by atoms with E-state index < -0.39 is 5.97 Å². The second kappa shape index (κ2) is 10.0. The number of benzene rings is 4. The molecule has 4 aromatic carbocycles. The Morgan fingerprint density at radius 1 is 0.833 bits per heavy atom. The van der Waals surface area contributed by atoms with Crippen molar-refractivity contribution in [3.63, 3.8) is 0 Å². The van der Waals surface area contributed by atoms with Crippen molar-refractivity contribution in [2.75, 3.05) is 13.2 Å². The average molecular weight is 482 g/mol. The molecule has 1 N–H and O–H groups in total. The van der Waals surface area contributed by atoms with Gasteiger partial charge in [-0.1, -0.05) is 48.5 Å². The molecular weight excluding hydrogens is 454 g/mol. The summed E-state index contributed by atoms with van der Waals surface area (Å²) in [6, 6.07) is 26.4. The smallest absolute Gasteiger partial charge is 0.340 e. The zero-order valence-corrected chi connectivity index (χ0v) is 20.2. The van der Waals surface area contributed by atoms with Gasteiger partial charge in [-0.3, -0.25) is 0 Å². The van der Waals surface area contributed by atoms with Gasteiger partial charge in [0, 0.05) is 27.9 Å². The van der Waals surface area contributed by atoms with Crippen LogP contribution >= 0.6 is 0 Å². The number of ether oxygens (including phenoxy) is 3. The first kappa shape index (κ1) is 23.3. The van der Waals surface area contributed by atoms with Crippen LogP contribution in [-0.4, -0.2) is 28.9 Å². The predicted octanol–water partition coefficient (Wildman–Crippen LogP) is 6.86. The van der Waals surface area contributed by atoms with Crippen LogP contribution in [0.25, 0.3) is 21.7 Å². The molecule has 182 valence electrons. The molecular formula is C30H27NO5. The van der Waals surface area contributed by atoms with Crippen molar-refractivity contribution < 1.29 is 24.1 Å². The minimum atomic E-state index is -0.403. The van der Waals surface area contributed by atoms with Gasteiger partial charge in [0.1, 0.15) is 29.6 Å². The molecule has 0 saturated heterocycles. The van der Waals surface area contributed by atoms with E-state index in [2.05, 4.69) is 4.57 Å². The SMILES string of the molecule is CCOC(=O)c1c(C)n(CCOc2cccc(Oc3ccccc3)c2)c2c1cc(O)c1ccccc12. The molecule has 0 aliphatic carbocycles. The first-order valence-corrected chi connectivity index (χ1v) is 11.9. The third kappa shape index (κ3) is 4.45. The van der Waals surface area contributed by atoms with E-state index in [-0.39, 0.29) is 12.4 Å². The third-order valence-corrected chi connectivity index (χ3v) is 6.15. The number of phenols is 1. The van der Waals surface area contributed by atoms with Gasteiger partial charge >= 0.3 is 5.97 Å². The summed E-state index contributed by atoms with van der Waals surface area (Å²) in [6.07, 6.45) is 0. The number of carbonyl (C=O) groups excluding carboxylic acids is 1. The van der Waals surface area contributed by atoms with Crippen LogP contribution in [0.1, 0.15) is 23.0 Å². The Morgan fingerprint density at radius 2 is 1.53 bits per heavy atom. The Bertz CT molecular complexity index is 1540. The van der Waals surface area contributed by atoms with Crippen molar-refractivity contribution in [2.45, 2.75) is 20.4 Å². The molecule has 0 aliphatic rings. The predicted molar refractivity (Wildman–Crippen MR) is 140 cm³/mol. The van der Waals surface area contributed by atoms with Crippen LogP contribution in [0.3, 0.4) is 0 Å². The van der Waals surface area contributed by atoms with Crippen molar-refractivity contribution in [1.29, 1.82) is 0 Å². The Labute approximate surface area is 209 Å². The largest absolute Gasteiger partial charge is 0.507 e. The molecule has 0 radical (unpaired) electrons. The van der Waals surface area contributed by atoms with Crippen LogP contribution in [0, 0.1) is 6.92 Å². The van der Waals surface area contributed by atoms with Gasteiger partial charge in [-0.05, 0) is 44.2 Å². The second-order valence-electron chi connectivity index (χ2n) is 8.41. The zero-order chi connectivity index (χ0) is 25.1. The molecule has 5 aromatic rings. The number of fused-ring (bicyclic) bond motifs is 3. The molecule has 0 amide bonds. The van der Waals surface area contributed by atoms with Gasteiger partial charge in [0.15, 0.2) is 0 Å². The van der Waals surface area contributed by atoms with E-state index in [0.717, 1.165) is 27.7 Å². The summed E-state index contributed by atoms with van der Waals surface area (Å²) in [4.78, 5) is 12.9. The summed E-state index contributed by atoms with van der Waals surface area (Å²) in [7, 11) is 0. The average Bonchev–Trinajstić information content (AvgIpc) is 3.16. The molecule has 0 bridgehead atoms. The Balaban J connectivity index is 1.45. The summed E-state index contributed by atoms with van der Waals surface area (Å²) < 4.78 is 19.4. The minimum absolute atomic E-state index is 0.132. The van der Waals surface area contributed by atoms with Crippen molar-refractivity contribution in [1.82, 2.24) is 4.57 Å². The van der Waals surface area contributed by atoms with E-state index in [1.807, 2.05) is 85.8 Å². The fraction of sp³-hybridized carbons (Fsp3) is 0.167. The Kier molecular flexibility index (Phi) is 6.50. The zero-order valence-electron chi connectivity index (χ0n) is 20.2. The maximum atomic E-state index is 12.9. The number of hydrogen-bond donors (Lipinski definition) is 1. The van der Waals surface area contributed by atoms with Crippen LogP contribution in [0.15, 0.2) is 84.9 Å². The highest BCUT2D eigenvalue weighted by Gasteiger charge is 2.23. The highest BCUT2D eigenvalue weighted by molar-refractivity contribution is 6.16. The molecule has 5 rings (SSSR count). The number of esters is 1. The number of nitrogens with zero attached hydrogens (tertiary/aromatic N) is 1. The minimum Gasteiger partial charge on any atom is -0.507 e. The van der Waals surface area contributed by atoms with Crippen LogP contribution in [0.5, 0.6) is 23.0 Å². The first-order valence-electron chi connectivity index (χ1n) is 11.9. The number of para-hydroxylation sites is 1. The number of hydrogen-bond acceptors (Lipinski definition) is 5. The lowest BCUT2D eigenvalue weighted by Gasteiger charge is -2.13. The lowest BCUT2D eigenvalue weighted by molar-refractivity contribution is 0.0527. The van der Waals surface area contributed by atoms with E-state index in [1.54, 1.807) is 13.0 Å². The Morgan fingerprint density at radius 3 is 2.31 bits per heavy atom. The van der Waals surface area contributed by atoms with Gasteiger partial charge in [0.25, 0.3) is 0 Å². The monoisotopic (exact) mass is 481 g/mol. The van der Waals surface area contributed by atoms with E-state index >= 15 is 0 Å². The maximum Gasteiger partial charge on any atom is 0.340 e. The van der Waals surface area contributed by atoms with Gasteiger partial charge in [-0.25, -0.2) is 4.79 Å². The van der Waals surface area contributed by atoms with Crippen molar-refractivity contribution in [3.8, 4) is 23.0 Å². The highest BCUT2D eigenvalue weighted by Crippen LogP contribution is 2.37. The summed E-state index contributed by atoms with van der Waals surface area (Å²) in [5, 5.41) is 12.9. The third-order valence-electron chi connectivity index (χ3n) is 6.15. The summed E-state index contributed by atoms with van der Waals surface area (Å²) in [6.45, 7) is 4.82. The molecule has 1 aromatic heterocycles. The van der Waals surface area contributed by atoms with E-state index in [9.17, 15) is 9.90 Å². The van der Waals surface area contributed by atoms with E-state index in [0.29, 0.717) is 35.6 Å². The summed E-state index contributed by atoms with van der Waals surface area (Å²) in [5.41, 5.74) is 2.10. The first-order chi connectivity index (χ1) is 17.6. The second-order valence-corrected chi connectivity index (χ2v) is 8.41.